The molecular formula is C10H15ClN2O5. The van der Waals surface area contributed by atoms with Gasteiger partial charge in [-0.05, 0) is 6.42 Å². The summed E-state index contributed by atoms with van der Waals surface area (Å²) in [5.74, 6) is -1.78. The Morgan fingerprint density at radius 3 is 2.50 bits per heavy atom. The molecule has 7 nitrogen and oxygen atoms in total. The lowest BCUT2D eigenvalue weighted by Crippen LogP contribution is -2.46. The third-order valence-corrected chi connectivity index (χ3v) is 2.04. The van der Waals surface area contributed by atoms with Crippen LogP contribution in [0.1, 0.15) is 12.8 Å². The van der Waals surface area contributed by atoms with E-state index in [4.69, 9.17) is 16.7 Å². The lowest BCUT2D eigenvalue weighted by molar-refractivity contribution is -0.142. The van der Waals surface area contributed by atoms with Crippen LogP contribution in [0.15, 0.2) is 11.6 Å². The van der Waals surface area contributed by atoms with Gasteiger partial charge in [-0.3, -0.25) is 4.79 Å². The van der Waals surface area contributed by atoms with Gasteiger partial charge >= 0.3 is 18.0 Å². The first kappa shape index (κ1) is 16.2. The molecule has 0 aromatic rings. The smallest absolute Gasteiger partial charge is 0.326 e. The van der Waals surface area contributed by atoms with Crippen molar-refractivity contribution in [3.8, 4) is 0 Å². The second-order valence-electron chi connectivity index (χ2n) is 3.35. The van der Waals surface area contributed by atoms with Gasteiger partial charge in [0.05, 0.1) is 13.7 Å². The summed E-state index contributed by atoms with van der Waals surface area (Å²) >= 11 is 5.43. The highest BCUT2D eigenvalue weighted by Crippen LogP contribution is 2.00. The van der Waals surface area contributed by atoms with Crippen LogP contribution in [0.5, 0.6) is 0 Å². The van der Waals surface area contributed by atoms with Crippen LogP contribution in [0.3, 0.4) is 0 Å². The van der Waals surface area contributed by atoms with Gasteiger partial charge in [0.2, 0.25) is 0 Å². The molecule has 0 aromatic carbocycles. The van der Waals surface area contributed by atoms with E-state index in [0.29, 0.717) is 0 Å². The van der Waals surface area contributed by atoms with E-state index in [1.807, 2.05) is 0 Å². The average Bonchev–Trinajstić information content (AvgIpc) is 2.30. The zero-order valence-corrected chi connectivity index (χ0v) is 10.6. The molecule has 8 heteroatoms. The van der Waals surface area contributed by atoms with Crippen LogP contribution in [0.25, 0.3) is 0 Å². The highest BCUT2D eigenvalue weighted by atomic mass is 35.5. The number of amides is 2. The van der Waals surface area contributed by atoms with Gasteiger partial charge in [-0.1, -0.05) is 18.2 Å². The quantitative estimate of drug-likeness (QED) is 0.586. The summed E-state index contributed by atoms with van der Waals surface area (Å²) in [5, 5.41) is 13.6. The fourth-order valence-electron chi connectivity index (χ4n) is 1.01. The number of ether oxygens (including phenoxy) is 1. The number of esters is 1. The van der Waals surface area contributed by atoms with Gasteiger partial charge in [0.15, 0.2) is 0 Å². The summed E-state index contributed by atoms with van der Waals surface area (Å²) in [6.07, 6.45) is -0.160. The molecule has 18 heavy (non-hydrogen) atoms. The molecule has 3 N–H and O–H groups in total. The van der Waals surface area contributed by atoms with Crippen molar-refractivity contribution < 1.29 is 24.2 Å². The molecule has 0 saturated carbocycles. The molecule has 2 amide bonds. The number of hydrogen-bond donors (Lipinski definition) is 3. The lowest BCUT2D eigenvalue weighted by Gasteiger charge is -2.14. The number of carboxylic acid groups (broad SMARTS) is 1. The van der Waals surface area contributed by atoms with Gasteiger partial charge in [-0.25, -0.2) is 9.59 Å². The number of halogens is 1. The first-order valence-corrected chi connectivity index (χ1v) is 5.42. The van der Waals surface area contributed by atoms with Gasteiger partial charge in [-0.2, -0.15) is 0 Å². The molecule has 0 aliphatic carbocycles. The zero-order valence-electron chi connectivity index (χ0n) is 9.86. The molecule has 0 radical (unpaired) electrons. The molecule has 1 atom stereocenters. The predicted octanol–water partition coefficient (Wildman–Crippen LogP) is 0.444. The van der Waals surface area contributed by atoms with Crippen molar-refractivity contribution in [3.05, 3.63) is 11.6 Å². The van der Waals surface area contributed by atoms with Crippen molar-refractivity contribution in [1.82, 2.24) is 10.6 Å². The molecule has 0 fully saturated rings. The number of carboxylic acids is 1. The SMILES string of the molecule is C=C(Cl)CNC(=O)N[C@@H](CCC(=O)OC)C(=O)O. The van der Waals surface area contributed by atoms with E-state index in [9.17, 15) is 14.4 Å². The fourth-order valence-corrected chi connectivity index (χ4v) is 1.07. The van der Waals surface area contributed by atoms with E-state index < -0.39 is 24.0 Å². The zero-order chi connectivity index (χ0) is 14.1. The van der Waals surface area contributed by atoms with E-state index in [1.54, 1.807) is 0 Å². The number of urea groups is 1. The maximum absolute atomic E-state index is 11.3. The normalized spacial score (nSPS) is 11.2. The van der Waals surface area contributed by atoms with Crippen LogP contribution in [-0.4, -0.2) is 42.8 Å². The Kier molecular flexibility index (Phi) is 7.53. The number of aliphatic carboxylic acids is 1. The molecule has 0 saturated heterocycles. The third kappa shape index (κ3) is 7.50. The Morgan fingerprint density at radius 1 is 1.44 bits per heavy atom. The second-order valence-corrected chi connectivity index (χ2v) is 3.88. The van der Waals surface area contributed by atoms with Gasteiger partial charge < -0.3 is 20.5 Å². The fraction of sp³-hybridized carbons (Fsp3) is 0.500. The number of rotatable bonds is 7. The number of nitrogens with one attached hydrogen (secondary N) is 2. The molecule has 0 bridgehead atoms. The van der Waals surface area contributed by atoms with Crippen LogP contribution in [0.4, 0.5) is 4.79 Å². The topological polar surface area (TPSA) is 105 Å². The van der Waals surface area contributed by atoms with Crippen LogP contribution in [0, 0.1) is 0 Å². The van der Waals surface area contributed by atoms with Crippen LogP contribution >= 0.6 is 11.6 Å². The first-order valence-electron chi connectivity index (χ1n) is 5.04. The number of carbonyl (C=O) groups is 3. The highest BCUT2D eigenvalue weighted by Gasteiger charge is 2.20. The molecule has 0 heterocycles. The Morgan fingerprint density at radius 2 is 2.06 bits per heavy atom. The van der Waals surface area contributed by atoms with Crippen molar-refractivity contribution in [1.29, 1.82) is 0 Å². The summed E-state index contributed by atoms with van der Waals surface area (Å²) in [6.45, 7) is 3.38. The summed E-state index contributed by atoms with van der Waals surface area (Å²) in [5.41, 5.74) is 0. The number of hydrogen-bond acceptors (Lipinski definition) is 4. The molecule has 0 unspecified atom stereocenters. The Hall–Kier alpha value is -1.76. The monoisotopic (exact) mass is 278 g/mol. The minimum atomic E-state index is -1.24. The van der Waals surface area contributed by atoms with Crippen molar-refractivity contribution >= 4 is 29.6 Å². The van der Waals surface area contributed by atoms with E-state index in [-0.39, 0.29) is 24.4 Å². The summed E-state index contributed by atoms with van der Waals surface area (Å²) in [7, 11) is 1.20. The van der Waals surface area contributed by atoms with Crippen LogP contribution in [-0.2, 0) is 14.3 Å². The molecule has 0 rings (SSSR count). The van der Waals surface area contributed by atoms with Gasteiger partial charge in [0, 0.05) is 11.5 Å². The summed E-state index contributed by atoms with van der Waals surface area (Å²) in [4.78, 5) is 33.0. The van der Waals surface area contributed by atoms with E-state index in [2.05, 4.69) is 21.9 Å². The maximum atomic E-state index is 11.3. The van der Waals surface area contributed by atoms with Crippen molar-refractivity contribution in [2.24, 2.45) is 0 Å². The van der Waals surface area contributed by atoms with Crippen LogP contribution < -0.4 is 10.6 Å². The standard InChI is InChI=1S/C10H15ClN2O5/c1-6(11)5-12-10(17)13-7(9(15)16)3-4-8(14)18-2/h7H,1,3-5H2,2H3,(H,15,16)(H2,12,13,17)/t7-/m0/s1. The summed E-state index contributed by atoms with van der Waals surface area (Å²) in [6, 6.07) is -1.87. The minimum Gasteiger partial charge on any atom is -0.480 e. The molecule has 0 aliphatic rings. The third-order valence-electron chi connectivity index (χ3n) is 1.91. The first-order chi connectivity index (χ1) is 8.36. The van der Waals surface area contributed by atoms with Crippen molar-refractivity contribution in [3.63, 3.8) is 0 Å². The average molecular weight is 279 g/mol. The van der Waals surface area contributed by atoms with Gasteiger partial charge in [0.25, 0.3) is 0 Å². The van der Waals surface area contributed by atoms with E-state index in [0.717, 1.165) is 0 Å². The Bertz CT molecular complexity index is 345. The molecule has 102 valence electrons. The molecular weight excluding hydrogens is 264 g/mol. The molecule has 0 aromatic heterocycles. The molecule has 0 spiro atoms. The second kappa shape index (κ2) is 8.35. The largest absolute Gasteiger partial charge is 0.480 e. The van der Waals surface area contributed by atoms with Crippen molar-refractivity contribution in [2.75, 3.05) is 13.7 Å². The van der Waals surface area contributed by atoms with E-state index >= 15 is 0 Å². The summed E-state index contributed by atoms with van der Waals surface area (Å²) < 4.78 is 4.38. The molecule has 0 aliphatic heterocycles. The van der Waals surface area contributed by atoms with E-state index in [1.165, 1.54) is 7.11 Å². The van der Waals surface area contributed by atoms with Gasteiger partial charge in [0.1, 0.15) is 6.04 Å². The predicted molar refractivity (Wildman–Crippen MR) is 64.2 cm³/mol. The van der Waals surface area contributed by atoms with Crippen molar-refractivity contribution in [2.45, 2.75) is 18.9 Å². The van der Waals surface area contributed by atoms with Crippen LogP contribution in [0.2, 0.25) is 0 Å². The lowest BCUT2D eigenvalue weighted by atomic mass is 10.1. The highest BCUT2D eigenvalue weighted by molar-refractivity contribution is 6.29. The number of methoxy groups -OCH3 is 1. The Labute approximate surface area is 109 Å². The maximum Gasteiger partial charge on any atom is 0.326 e. The number of carbonyl (C=O) groups excluding carboxylic acids is 2. The Balaban J connectivity index is 4.18. The minimum absolute atomic E-state index is 0.0245. The van der Waals surface area contributed by atoms with Gasteiger partial charge in [-0.15, -0.1) is 0 Å².